The van der Waals surface area contributed by atoms with Crippen LogP contribution in [0.3, 0.4) is 0 Å². The lowest BCUT2D eigenvalue weighted by atomic mass is 9.79. The van der Waals surface area contributed by atoms with Crippen molar-refractivity contribution >= 4 is 5.97 Å². The molecule has 0 saturated heterocycles. The van der Waals surface area contributed by atoms with Crippen LogP contribution in [0.15, 0.2) is 54.6 Å². The van der Waals surface area contributed by atoms with E-state index in [1.807, 2.05) is 54.6 Å². The van der Waals surface area contributed by atoms with Crippen LogP contribution in [0.25, 0.3) is 0 Å². The van der Waals surface area contributed by atoms with Crippen molar-refractivity contribution in [3.8, 4) is 11.5 Å². The number of carboxylic acids is 1. The third-order valence-electron chi connectivity index (χ3n) is 4.56. The van der Waals surface area contributed by atoms with Gasteiger partial charge in [-0.3, -0.25) is 4.79 Å². The van der Waals surface area contributed by atoms with Crippen LogP contribution in [-0.2, 0) is 16.1 Å². The smallest absolute Gasteiger partial charge is 0.303 e. The molecular weight excluding hydrogens is 316 g/mol. The van der Waals surface area contributed by atoms with Crippen LogP contribution in [-0.4, -0.2) is 17.2 Å². The molecule has 0 spiro atoms. The fraction of sp³-hybridized carbons (Fsp3) is 0.381. The van der Waals surface area contributed by atoms with Crippen molar-refractivity contribution in [1.29, 1.82) is 0 Å². The summed E-state index contributed by atoms with van der Waals surface area (Å²) in [5, 5.41) is 8.66. The van der Waals surface area contributed by atoms with Crippen LogP contribution in [0.4, 0.5) is 0 Å². The summed E-state index contributed by atoms with van der Waals surface area (Å²) in [5.74, 6) is 1.55. The molecule has 0 amide bonds. The molecule has 2 aromatic carbocycles. The largest absolute Gasteiger partial charge is 0.481 e. The summed E-state index contributed by atoms with van der Waals surface area (Å²) in [5.41, 5.74) is 1.10. The third kappa shape index (κ3) is 5.61. The second-order valence-electron chi connectivity index (χ2n) is 6.62. The van der Waals surface area contributed by atoms with Gasteiger partial charge in [0.05, 0.1) is 12.7 Å². The summed E-state index contributed by atoms with van der Waals surface area (Å²) < 4.78 is 11.8. The van der Waals surface area contributed by atoms with Crippen LogP contribution in [0, 0.1) is 5.92 Å². The van der Waals surface area contributed by atoms with Crippen molar-refractivity contribution in [2.45, 2.75) is 44.8 Å². The van der Waals surface area contributed by atoms with Gasteiger partial charge in [-0.25, -0.2) is 0 Å². The van der Waals surface area contributed by atoms with Crippen molar-refractivity contribution in [2.75, 3.05) is 0 Å². The number of hydrogen-bond donors (Lipinski definition) is 1. The zero-order chi connectivity index (χ0) is 17.5. The molecule has 1 aliphatic carbocycles. The minimum Gasteiger partial charge on any atom is -0.481 e. The summed E-state index contributed by atoms with van der Waals surface area (Å²) in [6.45, 7) is 0.582. The van der Waals surface area contributed by atoms with Gasteiger partial charge in [0.15, 0.2) is 0 Å². The van der Waals surface area contributed by atoms with Gasteiger partial charge >= 0.3 is 5.97 Å². The van der Waals surface area contributed by atoms with Gasteiger partial charge in [0.2, 0.25) is 0 Å². The van der Waals surface area contributed by atoms with E-state index in [1.165, 1.54) is 0 Å². The van der Waals surface area contributed by atoms with Crippen LogP contribution in [0.2, 0.25) is 0 Å². The lowest BCUT2D eigenvalue weighted by Crippen LogP contribution is -2.31. The SMILES string of the molecule is O=C(O)CCC[C@H]1C[C@@H](OCc2cccc(Oc3ccccc3)c2)C1. The highest BCUT2D eigenvalue weighted by molar-refractivity contribution is 5.66. The lowest BCUT2D eigenvalue weighted by Gasteiger charge is -2.35. The summed E-state index contributed by atoms with van der Waals surface area (Å²) in [7, 11) is 0. The minimum atomic E-state index is -0.704. The Labute approximate surface area is 148 Å². The van der Waals surface area contributed by atoms with E-state index in [0.29, 0.717) is 18.6 Å². The third-order valence-corrected chi connectivity index (χ3v) is 4.56. The first-order valence-corrected chi connectivity index (χ1v) is 8.84. The molecule has 1 saturated carbocycles. The molecule has 1 N–H and O–H groups in total. The Bertz CT molecular complexity index is 677. The lowest BCUT2D eigenvalue weighted by molar-refractivity contribution is -0.137. The molecule has 132 valence electrons. The van der Waals surface area contributed by atoms with Crippen molar-refractivity contribution in [3.63, 3.8) is 0 Å². The number of aliphatic carboxylic acids is 1. The van der Waals surface area contributed by atoms with Gasteiger partial charge < -0.3 is 14.6 Å². The number of hydrogen-bond acceptors (Lipinski definition) is 3. The number of rotatable bonds is 9. The van der Waals surface area contributed by atoms with Crippen LogP contribution >= 0.6 is 0 Å². The van der Waals surface area contributed by atoms with Gasteiger partial charge in [0, 0.05) is 6.42 Å². The van der Waals surface area contributed by atoms with Crippen molar-refractivity contribution < 1.29 is 19.4 Å². The fourth-order valence-corrected chi connectivity index (χ4v) is 3.13. The predicted octanol–water partition coefficient (Wildman–Crippen LogP) is 5.03. The first-order chi connectivity index (χ1) is 12.2. The maximum absolute atomic E-state index is 10.5. The summed E-state index contributed by atoms with van der Waals surface area (Å²) in [4.78, 5) is 10.5. The van der Waals surface area contributed by atoms with E-state index in [1.54, 1.807) is 0 Å². The molecule has 25 heavy (non-hydrogen) atoms. The van der Waals surface area contributed by atoms with Gasteiger partial charge in [-0.15, -0.1) is 0 Å². The molecule has 1 aliphatic rings. The van der Waals surface area contributed by atoms with Crippen LogP contribution in [0.5, 0.6) is 11.5 Å². The number of ether oxygens (including phenoxy) is 2. The summed E-state index contributed by atoms with van der Waals surface area (Å²) in [6, 6.07) is 17.7. The monoisotopic (exact) mass is 340 g/mol. The fourth-order valence-electron chi connectivity index (χ4n) is 3.13. The Hall–Kier alpha value is -2.33. The number of benzene rings is 2. The number of para-hydroxylation sites is 1. The highest BCUT2D eigenvalue weighted by Crippen LogP contribution is 2.34. The first kappa shape index (κ1) is 17.5. The number of carboxylic acid groups (broad SMARTS) is 1. The molecule has 0 aliphatic heterocycles. The summed E-state index contributed by atoms with van der Waals surface area (Å²) in [6.07, 6.45) is 4.42. The molecule has 1 fully saturated rings. The van der Waals surface area contributed by atoms with Gasteiger partial charge in [0.25, 0.3) is 0 Å². The van der Waals surface area contributed by atoms with Gasteiger partial charge in [-0.2, -0.15) is 0 Å². The summed E-state index contributed by atoms with van der Waals surface area (Å²) >= 11 is 0. The molecular formula is C21H24O4. The maximum Gasteiger partial charge on any atom is 0.303 e. The highest BCUT2D eigenvalue weighted by atomic mass is 16.5. The molecule has 0 atom stereocenters. The Balaban J connectivity index is 1.39. The highest BCUT2D eigenvalue weighted by Gasteiger charge is 2.29. The van der Waals surface area contributed by atoms with Gasteiger partial charge in [-0.1, -0.05) is 30.3 Å². The second kappa shape index (κ2) is 8.67. The quantitative estimate of drug-likeness (QED) is 0.695. The maximum atomic E-state index is 10.5. The normalized spacial score (nSPS) is 19.2. The Kier molecular flexibility index (Phi) is 6.07. The average Bonchev–Trinajstić information content (AvgIpc) is 2.57. The molecule has 4 heteroatoms. The van der Waals surface area contributed by atoms with E-state index in [-0.39, 0.29) is 6.42 Å². The van der Waals surface area contributed by atoms with E-state index in [0.717, 1.165) is 42.7 Å². The van der Waals surface area contributed by atoms with E-state index in [9.17, 15) is 4.79 Å². The Morgan fingerprint density at radius 1 is 1.04 bits per heavy atom. The average molecular weight is 340 g/mol. The molecule has 0 heterocycles. The molecule has 4 nitrogen and oxygen atoms in total. The second-order valence-corrected chi connectivity index (χ2v) is 6.62. The van der Waals surface area contributed by atoms with E-state index in [4.69, 9.17) is 14.6 Å². The van der Waals surface area contributed by atoms with Crippen molar-refractivity contribution in [3.05, 3.63) is 60.2 Å². The predicted molar refractivity (Wildman–Crippen MR) is 95.7 cm³/mol. The zero-order valence-electron chi connectivity index (χ0n) is 14.3. The van der Waals surface area contributed by atoms with Crippen molar-refractivity contribution in [1.82, 2.24) is 0 Å². The minimum absolute atomic E-state index is 0.274. The number of carbonyl (C=O) groups is 1. The van der Waals surface area contributed by atoms with Gasteiger partial charge in [-0.05, 0) is 61.4 Å². The molecule has 0 unspecified atom stereocenters. The van der Waals surface area contributed by atoms with E-state index in [2.05, 4.69) is 0 Å². The Morgan fingerprint density at radius 2 is 1.80 bits per heavy atom. The standard InChI is InChI=1S/C21H24O4/c22-21(23)11-5-6-16-12-20(13-16)24-15-17-7-4-10-19(14-17)25-18-8-2-1-3-9-18/h1-4,7-10,14,16,20H,5-6,11-13,15H2,(H,22,23)/t16-,20+. The van der Waals surface area contributed by atoms with E-state index < -0.39 is 5.97 Å². The molecule has 0 bridgehead atoms. The molecule has 2 aromatic rings. The molecule has 0 aromatic heterocycles. The van der Waals surface area contributed by atoms with Crippen LogP contribution < -0.4 is 4.74 Å². The topological polar surface area (TPSA) is 55.8 Å². The van der Waals surface area contributed by atoms with E-state index >= 15 is 0 Å². The first-order valence-electron chi connectivity index (χ1n) is 8.84. The van der Waals surface area contributed by atoms with Crippen LogP contribution in [0.1, 0.15) is 37.7 Å². The zero-order valence-corrected chi connectivity index (χ0v) is 14.3. The van der Waals surface area contributed by atoms with Gasteiger partial charge in [0.1, 0.15) is 11.5 Å². The molecule has 3 rings (SSSR count). The Morgan fingerprint density at radius 3 is 2.56 bits per heavy atom. The molecule has 0 radical (unpaired) electrons. The van der Waals surface area contributed by atoms with Crippen molar-refractivity contribution in [2.24, 2.45) is 5.92 Å².